The minimum absolute atomic E-state index is 0.0418. The Morgan fingerprint density at radius 1 is 1.09 bits per heavy atom. The number of rotatable bonds is 10. The van der Waals surface area contributed by atoms with Crippen LogP contribution in [-0.4, -0.2) is 50.5 Å². The summed E-state index contributed by atoms with van der Waals surface area (Å²) in [7, 11) is -3.77. The fraction of sp³-hybridized carbons (Fsp3) is 0.391. The molecule has 0 heterocycles. The molecule has 1 N–H and O–H groups in total. The minimum Gasteiger partial charge on any atom is -0.355 e. The van der Waals surface area contributed by atoms with Crippen molar-refractivity contribution in [2.24, 2.45) is 0 Å². The molecule has 7 nitrogen and oxygen atoms in total. The molecule has 0 bridgehead atoms. The van der Waals surface area contributed by atoms with Crippen LogP contribution in [0.1, 0.15) is 31.4 Å². The van der Waals surface area contributed by atoms with Gasteiger partial charge in [-0.1, -0.05) is 31.2 Å². The Kier molecular flexibility index (Phi) is 8.77. The number of halogens is 1. The Labute approximate surface area is 189 Å². The van der Waals surface area contributed by atoms with Crippen LogP contribution in [0.5, 0.6) is 0 Å². The fourth-order valence-corrected chi connectivity index (χ4v) is 4.24. The van der Waals surface area contributed by atoms with Crippen LogP contribution in [0.3, 0.4) is 0 Å². The summed E-state index contributed by atoms with van der Waals surface area (Å²) in [6.07, 6.45) is 1.37. The highest BCUT2D eigenvalue weighted by molar-refractivity contribution is 7.92. The van der Waals surface area contributed by atoms with E-state index in [0.717, 1.165) is 16.1 Å². The van der Waals surface area contributed by atoms with E-state index in [1.54, 1.807) is 32.0 Å². The molecule has 0 aliphatic heterocycles. The Hall–Kier alpha value is -2.94. The lowest BCUT2D eigenvalue weighted by Gasteiger charge is -2.32. The van der Waals surface area contributed by atoms with Crippen molar-refractivity contribution < 1.29 is 22.4 Å². The lowest BCUT2D eigenvalue weighted by atomic mass is 10.1. The molecule has 0 unspecified atom stereocenters. The molecule has 174 valence electrons. The third kappa shape index (κ3) is 6.78. The Balaban J connectivity index is 2.42. The third-order valence-corrected chi connectivity index (χ3v) is 6.11. The maximum Gasteiger partial charge on any atom is 0.244 e. The highest BCUT2D eigenvalue weighted by atomic mass is 32.2. The molecule has 0 radical (unpaired) electrons. The zero-order chi connectivity index (χ0) is 23.9. The number of nitrogens with zero attached hydrogens (tertiary/aromatic N) is 2. The molecule has 9 heteroatoms. The number of amides is 2. The largest absolute Gasteiger partial charge is 0.355 e. The van der Waals surface area contributed by atoms with E-state index < -0.39 is 34.3 Å². The summed E-state index contributed by atoms with van der Waals surface area (Å²) in [4.78, 5) is 27.4. The van der Waals surface area contributed by atoms with E-state index in [2.05, 4.69) is 5.32 Å². The van der Waals surface area contributed by atoms with Crippen molar-refractivity contribution in [3.05, 3.63) is 65.5 Å². The average molecular weight is 464 g/mol. The predicted molar refractivity (Wildman–Crippen MR) is 123 cm³/mol. The van der Waals surface area contributed by atoms with Crippen molar-refractivity contribution in [2.45, 2.75) is 39.8 Å². The van der Waals surface area contributed by atoms with Gasteiger partial charge in [-0.05, 0) is 55.7 Å². The van der Waals surface area contributed by atoms with Crippen molar-refractivity contribution in [3.8, 4) is 0 Å². The number of aryl methyl sites for hydroxylation is 1. The van der Waals surface area contributed by atoms with Gasteiger partial charge in [-0.2, -0.15) is 0 Å². The first-order chi connectivity index (χ1) is 15.1. The number of sulfonamides is 1. The summed E-state index contributed by atoms with van der Waals surface area (Å²) in [5, 5.41) is 2.72. The standard InChI is InChI=1S/C23H30FN3O4S/c1-5-21(23(29)25-6-2)26(15-18-10-12-19(24)13-11-18)22(28)16-27(32(4,30)31)20-9-7-8-17(3)14-20/h7-14,21H,5-6,15-16H2,1-4H3,(H,25,29)/t21-/m1/s1. The highest BCUT2D eigenvalue weighted by Gasteiger charge is 2.31. The molecular weight excluding hydrogens is 433 g/mol. The van der Waals surface area contributed by atoms with Crippen molar-refractivity contribution in [1.82, 2.24) is 10.2 Å². The van der Waals surface area contributed by atoms with Crippen LogP contribution in [0.2, 0.25) is 0 Å². The highest BCUT2D eigenvalue weighted by Crippen LogP contribution is 2.21. The van der Waals surface area contributed by atoms with Gasteiger partial charge in [0.05, 0.1) is 11.9 Å². The molecule has 1 atom stereocenters. The first-order valence-corrected chi connectivity index (χ1v) is 12.3. The number of carbonyl (C=O) groups is 2. The van der Waals surface area contributed by atoms with Gasteiger partial charge in [-0.15, -0.1) is 0 Å². The van der Waals surface area contributed by atoms with E-state index in [4.69, 9.17) is 0 Å². The van der Waals surface area contributed by atoms with Gasteiger partial charge in [-0.25, -0.2) is 12.8 Å². The van der Waals surface area contributed by atoms with Gasteiger partial charge in [-0.3, -0.25) is 13.9 Å². The SMILES string of the molecule is CCNC(=O)[C@@H](CC)N(Cc1ccc(F)cc1)C(=O)CN(c1cccc(C)c1)S(C)(=O)=O. The number of benzene rings is 2. The first kappa shape index (κ1) is 25.3. The predicted octanol–water partition coefficient (Wildman–Crippen LogP) is 2.84. The molecule has 2 amide bonds. The molecule has 0 aliphatic carbocycles. The number of hydrogen-bond acceptors (Lipinski definition) is 4. The molecule has 0 fully saturated rings. The van der Waals surface area contributed by atoms with Gasteiger partial charge in [0, 0.05) is 13.1 Å². The van der Waals surface area contributed by atoms with E-state index in [1.165, 1.54) is 29.2 Å². The second kappa shape index (κ2) is 11.1. The molecule has 0 aliphatic rings. The van der Waals surface area contributed by atoms with Gasteiger partial charge in [0.1, 0.15) is 18.4 Å². The van der Waals surface area contributed by atoms with E-state index >= 15 is 0 Å². The van der Waals surface area contributed by atoms with Crippen molar-refractivity contribution in [3.63, 3.8) is 0 Å². The number of carbonyl (C=O) groups excluding carboxylic acids is 2. The van der Waals surface area contributed by atoms with Crippen LogP contribution in [0.4, 0.5) is 10.1 Å². The lowest BCUT2D eigenvalue weighted by molar-refractivity contribution is -0.140. The fourth-order valence-electron chi connectivity index (χ4n) is 3.39. The van der Waals surface area contributed by atoms with Crippen LogP contribution in [0, 0.1) is 12.7 Å². The maximum absolute atomic E-state index is 13.4. The van der Waals surface area contributed by atoms with Crippen LogP contribution in [0.15, 0.2) is 48.5 Å². The normalized spacial score (nSPS) is 12.2. The Morgan fingerprint density at radius 2 is 1.75 bits per heavy atom. The summed E-state index contributed by atoms with van der Waals surface area (Å²) < 4.78 is 39.4. The first-order valence-electron chi connectivity index (χ1n) is 10.4. The summed E-state index contributed by atoms with van der Waals surface area (Å²) in [5.74, 6) is -1.27. The van der Waals surface area contributed by atoms with E-state index in [9.17, 15) is 22.4 Å². The Morgan fingerprint density at radius 3 is 2.28 bits per heavy atom. The zero-order valence-corrected chi connectivity index (χ0v) is 19.7. The number of anilines is 1. The summed E-state index contributed by atoms with van der Waals surface area (Å²) in [5.41, 5.74) is 1.85. The number of nitrogens with one attached hydrogen (secondary N) is 1. The molecule has 0 spiro atoms. The number of hydrogen-bond donors (Lipinski definition) is 1. The maximum atomic E-state index is 13.4. The molecule has 2 aromatic carbocycles. The summed E-state index contributed by atoms with van der Waals surface area (Å²) >= 11 is 0. The second-order valence-electron chi connectivity index (χ2n) is 7.58. The van der Waals surface area contributed by atoms with Crippen molar-refractivity contribution in [1.29, 1.82) is 0 Å². The molecule has 2 aromatic rings. The van der Waals surface area contributed by atoms with Gasteiger partial charge < -0.3 is 10.2 Å². The van der Waals surface area contributed by atoms with Crippen LogP contribution < -0.4 is 9.62 Å². The molecule has 0 aromatic heterocycles. The van der Waals surface area contributed by atoms with E-state index in [1.807, 2.05) is 13.0 Å². The van der Waals surface area contributed by atoms with Gasteiger partial charge in [0.25, 0.3) is 0 Å². The zero-order valence-electron chi connectivity index (χ0n) is 18.8. The van der Waals surface area contributed by atoms with Crippen LogP contribution in [-0.2, 0) is 26.2 Å². The van der Waals surface area contributed by atoms with Crippen LogP contribution >= 0.6 is 0 Å². The lowest BCUT2D eigenvalue weighted by Crippen LogP contribution is -2.52. The quantitative estimate of drug-likeness (QED) is 0.587. The minimum atomic E-state index is -3.77. The average Bonchev–Trinajstić information content (AvgIpc) is 2.72. The van der Waals surface area contributed by atoms with Gasteiger partial charge in [0.2, 0.25) is 21.8 Å². The topological polar surface area (TPSA) is 86.8 Å². The van der Waals surface area contributed by atoms with Gasteiger partial charge >= 0.3 is 0 Å². The molecule has 2 rings (SSSR count). The van der Waals surface area contributed by atoms with Crippen LogP contribution in [0.25, 0.3) is 0 Å². The van der Waals surface area contributed by atoms with E-state index in [-0.39, 0.29) is 12.5 Å². The Bertz CT molecular complexity index is 1040. The summed E-state index contributed by atoms with van der Waals surface area (Å²) in [6.45, 7) is 5.36. The number of likely N-dealkylation sites (N-methyl/N-ethyl adjacent to an activating group) is 1. The van der Waals surface area contributed by atoms with Crippen molar-refractivity contribution >= 4 is 27.5 Å². The monoisotopic (exact) mass is 463 g/mol. The van der Waals surface area contributed by atoms with Gasteiger partial charge in [0.15, 0.2) is 0 Å². The smallest absolute Gasteiger partial charge is 0.244 e. The molecule has 0 saturated carbocycles. The van der Waals surface area contributed by atoms with E-state index in [0.29, 0.717) is 24.2 Å². The summed E-state index contributed by atoms with van der Waals surface area (Å²) in [6, 6.07) is 11.7. The molecule has 0 saturated heterocycles. The molecular formula is C23H30FN3O4S. The second-order valence-corrected chi connectivity index (χ2v) is 9.48. The van der Waals surface area contributed by atoms with Crippen molar-refractivity contribution in [2.75, 3.05) is 23.7 Å². The third-order valence-electron chi connectivity index (χ3n) is 4.97. The molecule has 32 heavy (non-hydrogen) atoms.